The van der Waals surface area contributed by atoms with Gasteiger partial charge in [-0.1, -0.05) is 38.3 Å². The van der Waals surface area contributed by atoms with Gasteiger partial charge in [0.15, 0.2) is 0 Å². The van der Waals surface area contributed by atoms with E-state index < -0.39 is 0 Å². The molecule has 0 unspecified atom stereocenters. The lowest BCUT2D eigenvalue weighted by Crippen LogP contribution is -2.28. The van der Waals surface area contributed by atoms with Gasteiger partial charge in [-0.2, -0.15) is 0 Å². The summed E-state index contributed by atoms with van der Waals surface area (Å²) in [4.78, 5) is 0. The molecule has 0 amide bonds. The lowest BCUT2D eigenvalue weighted by atomic mass is 9.69. The van der Waals surface area contributed by atoms with Gasteiger partial charge in [0.1, 0.15) is 0 Å². The zero-order valence-electron chi connectivity index (χ0n) is 16.9. The molecule has 1 nitrogen and oxygen atoms in total. The Morgan fingerprint density at radius 3 is 1.80 bits per heavy atom. The number of allylic oxidation sites excluding steroid dienone is 2. The molecule has 0 aromatic carbocycles. The number of hydrogen-bond acceptors (Lipinski definition) is 1. The van der Waals surface area contributed by atoms with Crippen LogP contribution in [0.15, 0.2) is 12.2 Å². The van der Waals surface area contributed by atoms with Crippen LogP contribution in [0.1, 0.15) is 97.3 Å². The molecular formula is C24H42O. The maximum atomic E-state index is 6.33. The third kappa shape index (κ3) is 5.84. The average molecular weight is 347 g/mol. The van der Waals surface area contributed by atoms with Gasteiger partial charge >= 0.3 is 0 Å². The molecule has 3 rings (SSSR count). The minimum Gasteiger partial charge on any atom is -0.378 e. The van der Waals surface area contributed by atoms with Crippen LogP contribution < -0.4 is 0 Å². The van der Waals surface area contributed by atoms with Gasteiger partial charge in [0.2, 0.25) is 0 Å². The van der Waals surface area contributed by atoms with Crippen LogP contribution in [0.4, 0.5) is 0 Å². The van der Waals surface area contributed by atoms with E-state index in [-0.39, 0.29) is 0 Å². The predicted molar refractivity (Wildman–Crippen MR) is 108 cm³/mol. The summed E-state index contributed by atoms with van der Waals surface area (Å²) in [5.41, 5.74) is 0. The molecule has 144 valence electrons. The summed E-state index contributed by atoms with van der Waals surface area (Å²) in [6, 6.07) is 0. The van der Waals surface area contributed by atoms with Crippen molar-refractivity contribution in [3.05, 3.63) is 12.2 Å². The molecule has 0 radical (unpaired) electrons. The van der Waals surface area contributed by atoms with Crippen LogP contribution in [0.5, 0.6) is 0 Å². The predicted octanol–water partition coefficient (Wildman–Crippen LogP) is 7.16. The summed E-state index contributed by atoms with van der Waals surface area (Å²) in [6.45, 7) is 5.58. The van der Waals surface area contributed by atoms with Crippen LogP contribution in [-0.4, -0.2) is 12.7 Å². The maximum absolute atomic E-state index is 6.33. The lowest BCUT2D eigenvalue weighted by molar-refractivity contribution is -0.00942. The molecule has 3 aliphatic rings. The highest BCUT2D eigenvalue weighted by Crippen LogP contribution is 2.42. The van der Waals surface area contributed by atoms with Gasteiger partial charge < -0.3 is 4.74 Å². The summed E-state index contributed by atoms with van der Waals surface area (Å²) >= 11 is 0. The standard InChI is InChI=1S/C24H42O/c1-3-5-20-10-16-24(17-11-20)25-18-21-8-14-23(15-9-21)22-12-6-19(4-2)7-13-22/h3,5,19-24H,4,6-18H2,1-2H3. The largest absolute Gasteiger partial charge is 0.378 e. The molecule has 0 aromatic heterocycles. The van der Waals surface area contributed by atoms with Crippen molar-refractivity contribution in [3.63, 3.8) is 0 Å². The zero-order chi connectivity index (χ0) is 17.5. The van der Waals surface area contributed by atoms with E-state index >= 15 is 0 Å². The zero-order valence-corrected chi connectivity index (χ0v) is 16.9. The Balaban J connectivity index is 1.29. The summed E-state index contributed by atoms with van der Waals surface area (Å²) < 4.78 is 6.33. The highest BCUT2D eigenvalue weighted by molar-refractivity contribution is 4.89. The fraction of sp³-hybridized carbons (Fsp3) is 0.917. The van der Waals surface area contributed by atoms with Crippen LogP contribution in [0.2, 0.25) is 0 Å². The molecule has 3 aliphatic carbocycles. The first-order chi connectivity index (χ1) is 12.3. The maximum Gasteiger partial charge on any atom is 0.0575 e. The molecule has 0 N–H and O–H groups in total. The van der Waals surface area contributed by atoms with Crippen molar-refractivity contribution in [1.82, 2.24) is 0 Å². The van der Waals surface area contributed by atoms with E-state index in [1.54, 1.807) is 0 Å². The van der Waals surface area contributed by atoms with E-state index in [2.05, 4.69) is 26.0 Å². The number of ether oxygens (including phenoxy) is 1. The Hall–Kier alpha value is -0.300. The molecule has 25 heavy (non-hydrogen) atoms. The van der Waals surface area contributed by atoms with Crippen molar-refractivity contribution in [1.29, 1.82) is 0 Å². The van der Waals surface area contributed by atoms with Gasteiger partial charge in [-0.3, -0.25) is 0 Å². The van der Waals surface area contributed by atoms with E-state index in [0.717, 1.165) is 36.2 Å². The minimum absolute atomic E-state index is 0.559. The van der Waals surface area contributed by atoms with E-state index in [9.17, 15) is 0 Å². The van der Waals surface area contributed by atoms with Gasteiger partial charge in [-0.05, 0) is 101 Å². The second kappa shape index (κ2) is 10.1. The molecule has 1 heteroatoms. The van der Waals surface area contributed by atoms with Crippen molar-refractivity contribution in [2.45, 2.75) is 103 Å². The third-order valence-corrected chi connectivity index (χ3v) is 7.78. The smallest absolute Gasteiger partial charge is 0.0575 e. The first-order valence-corrected chi connectivity index (χ1v) is 11.5. The van der Waals surface area contributed by atoms with Gasteiger partial charge in [0, 0.05) is 6.61 Å². The average Bonchev–Trinajstić information content (AvgIpc) is 2.68. The van der Waals surface area contributed by atoms with Crippen LogP contribution in [0, 0.1) is 29.6 Å². The first-order valence-electron chi connectivity index (χ1n) is 11.5. The fourth-order valence-corrected chi connectivity index (χ4v) is 5.89. The minimum atomic E-state index is 0.559. The molecule has 0 bridgehead atoms. The molecule has 3 fully saturated rings. The van der Waals surface area contributed by atoms with Crippen LogP contribution in [-0.2, 0) is 4.74 Å². The van der Waals surface area contributed by atoms with Gasteiger partial charge in [-0.25, -0.2) is 0 Å². The molecule has 3 saturated carbocycles. The van der Waals surface area contributed by atoms with E-state index in [1.165, 1.54) is 83.5 Å². The van der Waals surface area contributed by atoms with E-state index in [1.807, 2.05) is 0 Å². The summed E-state index contributed by atoms with van der Waals surface area (Å²) in [5, 5.41) is 0. The third-order valence-electron chi connectivity index (χ3n) is 7.78. The van der Waals surface area contributed by atoms with Crippen LogP contribution >= 0.6 is 0 Å². The lowest BCUT2D eigenvalue weighted by Gasteiger charge is -2.38. The Morgan fingerprint density at radius 2 is 1.28 bits per heavy atom. The van der Waals surface area contributed by atoms with Crippen LogP contribution in [0.25, 0.3) is 0 Å². The van der Waals surface area contributed by atoms with Gasteiger partial charge in [0.25, 0.3) is 0 Å². The van der Waals surface area contributed by atoms with Crippen molar-refractivity contribution >= 4 is 0 Å². The topological polar surface area (TPSA) is 9.23 Å². The quantitative estimate of drug-likeness (QED) is 0.463. The Bertz CT molecular complexity index is 377. The van der Waals surface area contributed by atoms with Crippen LogP contribution in [0.3, 0.4) is 0 Å². The molecule has 0 spiro atoms. The monoisotopic (exact) mass is 346 g/mol. The van der Waals surface area contributed by atoms with Crippen molar-refractivity contribution in [2.24, 2.45) is 29.6 Å². The fourth-order valence-electron chi connectivity index (χ4n) is 5.89. The summed E-state index contributed by atoms with van der Waals surface area (Å²) in [6.07, 6.45) is 23.8. The van der Waals surface area contributed by atoms with Crippen molar-refractivity contribution in [2.75, 3.05) is 6.61 Å². The van der Waals surface area contributed by atoms with E-state index in [4.69, 9.17) is 4.74 Å². The normalized spacial score (nSPS) is 40.4. The molecule has 0 aromatic rings. The van der Waals surface area contributed by atoms with Crippen molar-refractivity contribution < 1.29 is 4.74 Å². The molecule has 0 aliphatic heterocycles. The Labute approximate surface area is 157 Å². The highest BCUT2D eigenvalue weighted by Gasteiger charge is 2.31. The van der Waals surface area contributed by atoms with Gasteiger partial charge in [-0.15, -0.1) is 0 Å². The Morgan fingerprint density at radius 1 is 0.720 bits per heavy atom. The van der Waals surface area contributed by atoms with E-state index in [0.29, 0.717) is 6.10 Å². The highest BCUT2D eigenvalue weighted by atomic mass is 16.5. The SMILES string of the molecule is CC=CC1CCC(OCC2CCC(C3CCC(CC)CC3)CC2)CC1. The second-order valence-electron chi connectivity index (χ2n) is 9.37. The molecular weight excluding hydrogens is 304 g/mol. The second-order valence-corrected chi connectivity index (χ2v) is 9.37. The molecule has 0 heterocycles. The summed E-state index contributed by atoms with van der Waals surface area (Å²) in [7, 11) is 0. The summed E-state index contributed by atoms with van der Waals surface area (Å²) in [5.74, 6) is 4.83. The molecule has 0 atom stereocenters. The Kier molecular flexibility index (Phi) is 7.90. The number of hydrogen-bond donors (Lipinski definition) is 0. The number of rotatable bonds is 6. The first kappa shape index (κ1) is 19.5. The van der Waals surface area contributed by atoms with Gasteiger partial charge in [0.05, 0.1) is 6.10 Å². The van der Waals surface area contributed by atoms with Crippen molar-refractivity contribution in [3.8, 4) is 0 Å². The molecule has 0 saturated heterocycles.